The molecule has 36 heteroatoms. The number of nitrogens with two attached hydrogens (primary N) is 1. The Morgan fingerprint density at radius 2 is 1.20 bits per heavy atom. The molecule has 0 spiro atoms. The number of sulfone groups is 1. The summed E-state index contributed by atoms with van der Waals surface area (Å²) in [7, 11) is -25.1. The first-order valence-electron chi connectivity index (χ1n) is 18.0. The predicted octanol–water partition coefficient (Wildman–Crippen LogP) is 6.90. The number of nitrogens with zero attached hydrogens (tertiary/aromatic N) is 7. The second-order valence-corrected chi connectivity index (χ2v) is 21.6. The van der Waals surface area contributed by atoms with E-state index in [0.717, 1.165) is 72.8 Å². The molecule has 9 N–H and O–H groups in total. The number of nitro benzene ring substituents is 1. The average Bonchev–Trinajstić information content (AvgIpc) is 3.25. The van der Waals surface area contributed by atoms with Crippen molar-refractivity contribution in [2.24, 2.45) is 30.7 Å². The molecule has 0 saturated heterocycles. The molecule has 0 aliphatic rings. The van der Waals surface area contributed by atoms with Crippen molar-refractivity contribution in [3.8, 4) is 11.5 Å². The van der Waals surface area contributed by atoms with Crippen LogP contribution in [-0.4, -0.2) is 93.1 Å². The van der Waals surface area contributed by atoms with Gasteiger partial charge < -0.3 is 15.9 Å². The fraction of sp³-hybridized carbons (Fsp3) is 0.0588. The highest BCUT2D eigenvalue weighted by atomic mass is 32.3. The minimum absolute atomic E-state index is 0.105. The summed E-state index contributed by atoms with van der Waals surface area (Å²) in [4.78, 5) is 6.32. The van der Waals surface area contributed by atoms with Crippen molar-refractivity contribution >= 4 is 130 Å². The minimum atomic E-state index is -5.32. The van der Waals surface area contributed by atoms with E-state index in [1.54, 1.807) is 0 Å². The van der Waals surface area contributed by atoms with Gasteiger partial charge in [-0.3, -0.25) is 28.3 Å². The van der Waals surface area contributed by atoms with Gasteiger partial charge in [0.05, 0.1) is 72.5 Å². The number of aromatic hydroxyl groups is 2. The van der Waals surface area contributed by atoms with Crippen molar-refractivity contribution in [1.29, 1.82) is 0 Å². The maximum absolute atomic E-state index is 12.8. The molecular weight excluding hydrogens is 1060 g/mol. The molecule has 6 rings (SSSR count). The molecular formula is C34H26N8O22S6. The van der Waals surface area contributed by atoms with Gasteiger partial charge in [-0.15, -0.1) is 35.0 Å². The molecule has 70 heavy (non-hydrogen) atoms. The molecule has 0 aromatic heterocycles. The lowest BCUT2D eigenvalue weighted by atomic mass is 10.0. The zero-order valence-corrected chi connectivity index (χ0v) is 38.7. The van der Waals surface area contributed by atoms with E-state index < -0.39 is 133 Å². The van der Waals surface area contributed by atoms with Gasteiger partial charge >= 0.3 is 10.4 Å². The first-order valence-corrected chi connectivity index (χ1v) is 26.1. The Hall–Kier alpha value is -6.78. The van der Waals surface area contributed by atoms with Crippen molar-refractivity contribution in [2.45, 2.75) is 24.5 Å². The number of anilines is 1. The number of hydrogen-bond acceptors (Lipinski definition) is 26. The molecule has 0 fully saturated rings. The first-order chi connectivity index (χ1) is 32.5. The van der Waals surface area contributed by atoms with Crippen LogP contribution in [0.5, 0.6) is 11.5 Å². The van der Waals surface area contributed by atoms with Crippen molar-refractivity contribution in [3.05, 3.63) is 89.0 Å². The number of rotatable bonds is 18. The molecule has 0 aliphatic carbocycles. The standard InChI is InChI=1S/C34H26N8O22S6/c35-31-30-16(11-27(65-64-63-47)32(34(30)44)40-38-24-5-1-17(42(45)46)13-26(24)43)12-29(69(56,57)58)33(31)41-37-23-8-7-22(20-4-2-19(14-21(20)23)67(50,51)52)36-39-25-6-3-18(15-28(25)68(53,54)55)66(48,49)10-9-62-70(59,60)61/h1-8,11-15,43-44,47H,9-10,35H2,(H,50,51,52)(H,53,54,55)(H,56,57,58)(H,59,60,61). The number of fused-ring (bicyclic) bond motifs is 2. The summed E-state index contributed by atoms with van der Waals surface area (Å²) < 4.78 is 169. The highest BCUT2D eigenvalue weighted by molar-refractivity contribution is 7.94. The molecule has 30 nitrogen and oxygen atoms in total. The Bertz CT molecular complexity index is 3840. The number of phenols is 2. The Balaban J connectivity index is 1.49. The number of non-ortho nitro benzene ring substituents is 1. The van der Waals surface area contributed by atoms with Crippen molar-refractivity contribution in [1.82, 2.24) is 0 Å². The van der Waals surface area contributed by atoms with E-state index in [-0.39, 0.29) is 50.2 Å². The smallest absolute Gasteiger partial charge is 0.397 e. The van der Waals surface area contributed by atoms with Crippen LogP contribution in [0.15, 0.2) is 134 Å². The largest absolute Gasteiger partial charge is 0.505 e. The van der Waals surface area contributed by atoms with Gasteiger partial charge in [0.1, 0.15) is 38.3 Å². The molecule has 370 valence electrons. The summed E-state index contributed by atoms with van der Waals surface area (Å²) in [5.41, 5.74) is 2.04. The molecule has 0 heterocycles. The lowest BCUT2D eigenvalue weighted by molar-refractivity contribution is -0.432. The number of nitrogen functional groups attached to an aromatic ring is 1. The van der Waals surface area contributed by atoms with Gasteiger partial charge in [0.2, 0.25) is 0 Å². The summed E-state index contributed by atoms with van der Waals surface area (Å²) in [5.74, 6) is -2.73. The van der Waals surface area contributed by atoms with Crippen LogP contribution in [-0.2, 0) is 64.1 Å². The van der Waals surface area contributed by atoms with Gasteiger partial charge in [0, 0.05) is 16.8 Å². The normalized spacial score (nSPS) is 13.1. The van der Waals surface area contributed by atoms with Crippen LogP contribution in [0.25, 0.3) is 21.5 Å². The molecule has 0 unspecified atom stereocenters. The zero-order chi connectivity index (χ0) is 51.7. The zero-order valence-electron chi connectivity index (χ0n) is 33.8. The molecule has 0 saturated carbocycles. The first kappa shape index (κ1) is 52.6. The van der Waals surface area contributed by atoms with Gasteiger partial charge in [0.15, 0.2) is 15.6 Å². The third kappa shape index (κ3) is 12.0. The van der Waals surface area contributed by atoms with E-state index in [9.17, 15) is 76.1 Å². The van der Waals surface area contributed by atoms with Gasteiger partial charge in [-0.05, 0) is 66.0 Å². The van der Waals surface area contributed by atoms with Gasteiger partial charge in [0.25, 0.3) is 36.0 Å². The van der Waals surface area contributed by atoms with Gasteiger partial charge in [-0.25, -0.2) is 17.9 Å². The number of nitro groups is 1. The van der Waals surface area contributed by atoms with Crippen molar-refractivity contribution in [2.75, 3.05) is 18.1 Å². The fourth-order valence-corrected chi connectivity index (χ4v) is 9.93. The summed E-state index contributed by atoms with van der Waals surface area (Å²) in [6.45, 7) is -1.08. The van der Waals surface area contributed by atoms with Crippen LogP contribution in [0.4, 0.5) is 45.5 Å². The average molecular weight is 1090 g/mol. The summed E-state index contributed by atoms with van der Waals surface area (Å²) >= 11 is 0.173. The topological polar surface area (TPSA) is 483 Å². The number of phenolic OH excluding ortho intramolecular Hbond substituents is 2. The predicted molar refractivity (Wildman–Crippen MR) is 237 cm³/mol. The molecule has 0 atom stereocenters. The number of hydrogen-bond donors (Lipinski definition) is 8. The van der Waals surface area contributed by atoms with E-state index in [2.05, 4.69) is 44.2 Å². The Morgan fingerprint density at radius 3 is 1.80 bits per heavy atom. The third-order valence-corrected chi connectivity index (χ3v) is 14.4. The highest BCUT2D eigenvalue weighted by Crippen LogP contribution is 2.50. The number of azo groups is 3. The van der Waals surface area contributed by atoms with E-state index in [1.807, 2.05) is 0 Å². The molecule has 0 bridgehead atoms. The summed E-state index contributed by atoms with van der Waals surface area (Å²) in [6.07, 6.45) is 0. The molecule has 0 amide bonds. The van der Waals surface area contributed by atoms with Crippen LogP contribution in [0.1, 0.15) is 0 Å². The van der Waals surface area contributed by atoms with Crippen LogP contribution >= 0.6 is 12.0 Å². The lowest BCUT2D eigenvalue weighted by Crippen LogP contribution is -2.16. The lowest BCUT2D eigenvalue weighted by Gasteiger charge is -2.14. The van der Waals surface area contributed by atoms with E-state index >= 15 is 0 Å². The Labute approximate surface area is 395 Å². The third-order valence-electron chi connectivity index (χ3n) is 9.09. The monoisotopic (exact) mass is 1090 g/mol. The summed E-state index contributed by atoms with van der Waals surface area (Å²) in [5, 5.41) is 67.4. The molecule has 6 aromatic carbocycles. The van der Waals surface area contributed by atoms with Crippen molar-refractivity contribution < 1.29 is 94.2 Å². The van der Waals surface area contributed by atoms with E-state index in [0.29, 0.717) is 6.07 Å². The Kier molecular flexibility index (Phi) is 15.0. The molecule has 0 aliphatic heterocycles. The van der Waals surface area contributed by atoms with Gasteiger partial charge in [-0.2, -0.15) is 33.7 Å². The van der Waals surface area contributed by atoms with E-state index in [1.165, 1.54) is 0 Å². The summed E-state index contributed by atoms with van der Waals surface area (Å²) in [6, 6.07) is 11.5. The fourth-order valence-electron chi connectivity index (χ4n) is 6.02. The SMILES string of the molecule is Nc1c(N=Nc2ccc(N=Nc3ccc(S(=O)(=O)CCOS(=O)(=O)O)cc3S(=O)(=O)O)c3ccc(S(=O)(=O)O)cc23)c(S(=O)(=O)O)cc2cc(SOOO)c(N=Nc3ccc([N+](=O)[O-])cc3O)c(O)c12. The van der Waals surface area contributed by atoms with Crippen molar-refractivity contribution in [3.63, 3.8) is 0 Å². The van der Waals surface area contributed by atoms with Crippen LogP contribution in [0, 0.1) is 10.1 Å². The van der Waals surface area contributed by atoms with Crippen LogP contribution in [0.3, 0.4) is 0 Å². The Morgan fingerprint density at radius 1 is 0.629 bits per heavy atom. The maximum Gasteiger partial charge on any atom is 0.397 e. The molecule has 6 aromatic rings. The van der Waals surface area contributed by atoms with Crippen LogP contribution < -0.4 is 5.73 Å². The minimum Gasteiger partial charge on any atom is -0.505 e. The molecule has 0 radical (unpaired) electrons. The second kappa shape index (κ2) is 19.9. The maximum atomic E-state index is 12.8. The highest BCUT2D eigenvalue weighted by Gasteiger charge is 2.27. The quantitative estimate of drug-likeness (QED) is 0.00824. The second-order valence-electron chi connectivity index (χ2n) is 13.5. The number of benzene rings is 6. The van der Waals surface area contributed by atoms with E-state index in [4.69, 9.17) is 15.5 Å². The van der Waals surface area contributed by atoms with Gasteiger partial charge in [-0.1, -0.05) is 11.1 Å². The van der Waals surface area contributed by atoms with Crippen LogP contribution in [0.2, 0.25) is 0 Å².